The van der Waals surface area contributed by atoms with Gasteiger partial charge in [0.25, 0.3) is 15.2 Å². The van der Waals surface area contributed by atoms with Crippen molar-refractivity contribution in [2.24, 2.45) is 12.2 Å². The molecular formula is C9H12N4O2S2. The van der Waals surface area contributed by atoms with Crippen LogP contribution in [0.15, 0.2) is 11.2 Å². The molecule has 2 aromatic heterocycles. The highest BCUT2D eigenvalue weighted by Crippen LogP contribution is 2.29. The van der Waals surface area contributed by atoms with Crippen LogP contribution in [0.5, 0.6) is 0 Å². The molecule has 0 aromatic carbocycles. The maximum Gasteiger partial charge on any atom is 0.273 e. The third-order valence-electron chi connectivity index (χ3n) is 2.48. The SMILES string of the molecule is Cc1cc(-c2nnc(S(N)(=O)=O)n2C)sc1C. The minimum atomic E-state index is -3.83. The van der Waals surface area contributed by atoms with Gasteiger partial charge in [0.15, 0.2) is 5.82 Å². The highest BCUT2D eigenvalue weighted by Gasteiger charge is 2.20. The first-order valence-electron chi connectivity index (χ1n) is 4.80. The van der Waals surface area contributed by atoms with Crippen molar-refractivity contribution in [2.45, 2.75) is 19.0 Å². The van der Waals surface area contributed by atoms with Crippen LogP contribution >= 0.6 is 11.3 Å². The monoisotopic (exact) mass is 272 g/mol. The number of primary sulfonamides is 1. The fraction of sp³-hybridized carbons (Fsp3) is 0.333. The molecule has 0 fully saturated rings. The number of thiophene rings is 1. The molecule has 0 aliphatic rings. The van der Waals surface area contributed by atoms with Gasteiger partial charge >= 0.3 is 0 Å². The molecule has 8 heteroatoms. The van der Waals surface area contributed by atoms with E-state index in [9.17, 15) is 8.42 Å². The maximum absolute atomic E-state index is 11.2. The number of aromatic nitrogens is 3. The van der Waals surface area contributed by atoms with Crippen molar-refractivity contribution >= 4 is 21.4 Å². The van der Waals surface area contributed by atoms with E-state index in [4.69, 9.17) is 5.14 Å². The Kier molecular flexibility index (Phi) is 2.80. The number of hydrogen-bond donors (Lipinski definition) is 1. The number of sulfonamides is 1. The van der Waals surface area contributed by atoms with Crippen molar-refractivity contribution in [3.63, 3.8) is 0 Å². The summed E-state index contributed by atoms with van der Waals surface area (Å²) in [5, 5.41) is 12.3. The molecule has 0 radical (unpaired) electrons. The lowest BCUT2D eigenvalue weighted by atomic mass is 10.3. The molecule has 2 rings (SSSR count). The van der Waals surface area contributed by atoms with Gasteiger partial charge < -0.3 is 0 Å². The zero-order valence-electron chi connectivity index (χ0n) is 9.63. The van der Waals surface area contributed by atoms with Gasteiger partial charge in [0.1, 0.15) is 0 Å². The Morgan fingerprint density at radius 1 is 1.35 bits per heavy atom. The number of nitrogens with zero attached hydrogens (tertiary/aromatic N) is 3. The standard InChI is InChI=1S/C9H12N4O2S2/c1-5-4-7(16-6(5)2)8-11-12-9(13(8)3)17(10,14)15/h4H,1-3H3,(H2,10,14,15). The molecule has 0 atom stereocenters. The van der Waals surface area contributed by atoms with Crippen LogP contribution in [0.25, 0.3) is 10.7 Å². The summed E-state index contributed by atoms with van der Waals surface area (Å²) in [6.07, 6.45) is 0. The van der Waals surface area contributed by atoms with E-state index in [1.807, 2.05) is 19.9 Å². The van der Waals surface area contributed by atoms with Gasteiger partial charge in [0.05, 0.1) is 4.88 Å². The summed E-state index contributed by atoms with van der Waals surface area (Å²) in [6.45, 7) is 3.99. The van der Waals surface area contributed by atoms with Crippen LogP contribution < -0.4 is 5.14 Å². The maximum atomic E-state index is 11.2. The third-order valence-corrected chi connectivity index (χ3v) is 4.49. The van der Waals surface area contributed by atoms with Gasteiger partial charge in [-0.3, -0.25) is 4.57 Å². The van der Waals surface area contributed by atoms with Crippen LogP contribution in [0.1, 0.15) is 10.4 Å². The fourth-order valence-electron chi connectivity index (χ4n) is 1.46. The minimum absolute atomic E-state index is 0.226. The van der Waals surface area contributed by atoms with Crippen LogP contribution in [-0.4, -0.2) is 23.2 Å². The zero-order chi connectivity index (χ0) is 12.8. The molecule has 0 aliphatic carbocycles. The molecule has 92 valence electrons. The predicted molar refractivity (Wildman–Crippen MR) is 65.2 cm³/mol. The lowest BCUT2D eigenvalue weighted by molar-refractivity contribution is 0.580. The van der Waals surface area contributed by atoms with E-state index in [0.717, 1.165) is 10.4 Å². The third kappa shape index (κ3) is 2.11. The van der Waals surface area contributed by atoms with Gasteiger partial charge in [-0.05, 0) is 25.5 Å². The first kappa shape index (κ1) is 12.2. The molecule has 0 amide bonds. The topological polar surface area (TPSA) is 90.9 Å². The van der Waals surface area contributed by atoms with Crippen LogP contribution in [0.2, 0.25) is 0 Å². The summed E-state index contributed by atoms with van der Waals surface area (Å²) < 4.78 is 23.8. The molecule has 2 aromatic rings. The first-order chi connectivity index (χ1) is 7.80. The summed E-state index contributed by atoms with van der Waals surface area (Å²) in [6, 6.07) is 1.96. The van der Waals surface area contributed by atoms with Crippen molar-refractivity contribution in [1.29, 1.82) is 0 Å². The summed E-state index contributed by atoms with van der Waals surface area (Å²) >= 11 is 1.55. The van der Waals surface area contributed by atoms with Crippen molar-refractivity contribution in [3.05, 3.63) is 16.5 Å². The van der Waals surface area contributed by atoms with E-state index >= 15 is 0 Å². The number of hydrogen-bond acceptors (Lipinski definition) is 5. The smallest absolute Gasteiger partial charge is 0.273 e. The Morgan fingerprint density at radius 2 is 2.00 bits per heavy atom. The molecule has 0 saturated heterocycles. The summed E-state index contributed by atoms with van der Waals surface area (Å²) in [4.78, 5) is 2.05. The number of rotatable bonds is 2. The Balaban J connectivity index is 2.59. The highest BCUT2D eigenvalue weighted by molar-refractivity contribution is 7.89. The molecule has 0 aliphatic heterocycles. The van der Waals surface area contributed by atoms with E-state index in [0.29, 0.717) is 5.82 Å². The molecule has 6 nitrogen and oxygen atoms in total. The second-order valence-electron chi connectivity index (χ2n) is 3.76. The largest absolute Gasteiger partial charge is 0.299 e. The van der Waals surface area contributed by atoms with Crippen molar-refractivity contribution in [3.8, 4) is 10.7 Å². The van der Waals surface area contributed by atoms with E-state index in [1.165, 1.54) is 9.44 Å². The van der Waals surface area contributed by atoms with E-state index in [2.05, 4.69) is 10.2 Å². The average molecular weight is 272 g/mol. The van der Waals surface area contributed by atoms with Gasteiger partial charge in [0, 0.05) is 11.9 Å². The van der Waals surface area contributed by atoms with Crippen molar-refractivity contribution in [2.75, 3.05) is 0 Å². The van der Waals surface area contributed by atoms with E-state index in [1.54, 1.807) is 18.4 Å². The first-order valence-corrected chi connectivity index (χ1v) is 7.16. The Hall–Kier alpha value is -1.25. The quantitative estimate of drug-likeness (QED) is 0.875. The van der Waals surface area contributed by atoms with Crippen LogP contribution in [0, 0.1) is 13.8 Å². The molecule has 2 N–H and O–H groups in total. The Labute approximate surface area is 103 Å². The molecule has 0 saturated carbocycles. The number of aryl methyl sites for hydroxylation is 2. The van der Waals surface area contributed by atoms with Gasteiger partial charge in [0.2, 0.25) is 0 Å². The number of nitrogens with two attached hydrogens (primary N) is 1. The summed E-state index contributed by atoms with van der Waals surface area (Å²) in [5.74, 6) is 0.509. The molecule has 0 spiro atoms. The average Bonchev–Trinajstić information content (AvgIpc) is 2.70. The Bertz CT molecular complexity index is 650. The van der Waals surface area contributed by atoms with E-state index < -0.39 is 10.0 Å². The Morgan fingerprint density at radius 3 is 2.41 bits per heavy atom. The molecule has 0 unspecified atom stereocenters. The highest BCUT2D eigenvalue weighted by atomic mass is 32.2. The van der Waals surface area contributed by atoms with Gasteiger partial charge in [-0.1, -0.05) is 0 Å². The second kappa shape index (κ2) is 3.90. The lowest BCUT2D eigenvalue weighted by Gasteiger charge is -1.99. The predicted octanol–water partition coefficient (Wildman–Crippen LogP) is 0.808. The summed E-state index contributed by atoms with van der Waals surface area (Å²) in [7, 11) is -2.25. The van der Waals surface area contributed by atoms with Crippen molar-refractivity contribution < 1.29 is 8.42 Å². The van der Waals surface area contributed by atoms with Gasteiger partial charge in [-0.2, -0.15) is 0 Å². The summed E-state index contributed by atoms with van der Waals surface area (Å²) in [5.41, 5.74) is 1.14. The molecule has 17 heavy (non-hydrogen) atoms. The van der Waals surface area contributed by atoms with E-state index in [-0.39, 0.29) is 5.16 Å². The van der Waals surface area contributed by atoms with Crippen LogP contribution in [0.4, 0.5) is 0 Å². The van der Waals surface area contributed by atoms with Crippen LogP contribution in [0.3, 0.4) is 0 Å². The molecule has 2 heterocycles. The normalized spacial score (nSPS) is 12.0. The molecular weight excluding hydrogens is 260 g/mol. The van der Waals surface area contributed by atoms with Crippen LogP contribution in [-0.2, 0) is 17.1 Å². The minimum Gasteiger partial charge on any atom is -0.299 e. The van der Waals surface area contributed by atoms with Gasteiger partial charge in [-0.15, -0.1) is 21.5 Å². The molecule has 0 bridgehead atoms. The fourth-order valence-corrected chi connectivity index (χ4v) is 3.14. The van der Waals surface area contributed by atoms with Gasteiger partial charge in [-0.25, -0.2) is 13.6 Å². The second-order valence-corrected chi connectivity index (χ2v) is 6.47. The lowest BCUT2D eigenvalue weighted by Crippen LogP contribution is -2.17. The zero-order valence-corrected chi connectivity index (χ0v) is 11.3. The van der Waals surface area contributed by atoms with Crippen molar-refractivity contribution in [1.82, 2.24) is 14.8 Å².